The van der Waals surface area contributed by atoms with Crippen molar-refractivity contribution in [1.82, 2.24) is 0 Å². The first-order valence-corrected chi connectivity index (χ1v) is 14.1. The Morgan fingerprint density at radius 3 is 1.02 bits per heavy atom. The highest BCUT2D eigenvalue weighted by molar-refractivity contribution is 6.17. The molecular weight excluding hydrogens is 636 g/mol. The third-order valence-electron chi connectivity index (χ3n) is 7.92. The van der Waals surface area contributed by atoms with Crippen LogP contribution in [-0.4, -0.2) is 73.5 Å². The van der Waals surface area contributed by atoms with E-state index in [-0.39, 0.29) is 56.5 Å². The Bertz CT molecular complexity index is 1800. The number of esters is 9. The number of rotatable bonds is 10. The number of benzene rings is 3. The molecule has 6 rings (SSSR count). The number of hydrogen-bond acceptors (Lipinski definition) is 15. The largest absolute Gasteiger partial charge is 0.461 e. The quantitative estimate of drug-likeness (QED) is 0.175. The standard InChI is InChI=1S/C33H20O15/c1-2-33(12-43-24(34)15-3-6-18-21(9-15)30(40)46-27(18)37,13-44-25(35)16-4-7-19-22(10-16)31(41)47-28(19)38)14-45-26(36)17-5-8-20-23(11-17)32(42)48-29(20)39/h3-11H,2,12-14H2,1H3. The first-order chi connectivity index (χ1) is 22.9. The van der Waals surface area contributed by atoms with Crippen molar-refractivity contribution in [1.29, 1.82) is 0 Å². The third kappa shape index (κ3) is 5.68. The van der Waals surface area contributed by atoms with Crippen LogP contribution in [0.4, 0.5) is 0 Å². The summed E-state index contributed by atoms with van der Waals surface area (Å²) in [6.07, 6.45) is 0.0991. The molecular formula is C33H20O15. The fourth-order valence-corrected chi connectivity index (χ4v) is 4.97. The van der Waals surface area contributed by atoms with E-state index >= 15 is 0 Å². The van der Waals surface area contributed by atoms with Crippen molar-refractivity contribution in [2.75, 3.05) is 19.8 Å². The number of fused-ring (bicyclic) bond motifs is 3. The van der Waals surface area contributed by atoms with Crippen LogP contribution in [0.3, 0.4) is 0 Å². The molecule has 0 saturated heterocycles. The van der Waals surface area contributed by atoms with Gasteiger partial charge in [-0.05, 0) is 61.0 Å². The zero-order chi connectivity index (χ0) is 34.3. The van der Waals surface area contributed by atoms with E-state index in [2.05, 4.69) is 14.2 Å². The minimum Gasteiger partial charge on any atom is -0.461 e. The topological polar surface area (TPSA) is 209 Å². The van der Waals surface area contributed by atoms with Crippen molar-refractivity contribution in [2.24, 2.45) is 5.41 Å². The van der Waals surface area contributed by atoms with Gasteiger partial charge in [0, 0.05) is 0 Å². The first kappa shape index (κ1) is 31.5. The summed E-state index contributed by atoms with van der Waals surface area (Å²) in [4.78, 5) is 110. The highest BCUT2D eigenvalue weighted by Crippen LogP contribution is 2.29. The van der Waals surface area contributed by atoms with E-state index < -0.39 is 79.0 Å². The van der Waals surface area contributed by atoms with Gasteiger partial charge in [0.1, 0.15) is 19.8 Å². The molecule has 0 aliphatic carbocycles. The lowest BCUT2D eigenvalue weighted by Crippen LogP contribution is -2.39. The van der Waals surface area contributed by atoms with Crippen LogP contribution in [-0.2, 0) is 28.4 Å². The normalized spacial score (nSPS) is 14.4. The molecule has 0 fully saturated rings. The molecule has 242 valence electrons. The number of hydrogen-bond donors (Lipinski definition) is 0. The molecule has 3 heterocycles. The first-order valence-electron chi connectivity index (χ1n) is 14.1. The number of carbonyl (C=O) groups is 9. The van der Waals surface area contributed by atoms with Crippen molar-refractivity contribution in [3.05, 3.63) is 105 Å². The van der Waals surface area contributed by atoms with Crippen molar-refractivity contribution in [2.45, 2.75) is 13.3 Å². The molecule has 15 heteroatoms. The van der Waals surface area contributed by atoms with E-state index in [1.54, 1.807) is 6.92 Å². The molecule has 0 unspecified atom stereocenters. The van der Waals surface area contributed by atoms with Crippen molar-refractivity contribution in [3.8, 4) is 0 Å². The molecule has 0 atom stereocenters. The smallest absolute Gasteiger partial charge is 0.346 e. The molecule has 0 bridgehead atoms. The molecule has 3 aromatic rings. The molecule has 15 nitrogen and oxygen atoms in total. The Labute approximate surface area is 268 Å². The fraction of sp³-hybridized carbons (Fsp3) is 0.182. The number of carbonyl (C=O) groups excluding carboxylic acids is 9. The van der Waals surface area contributed by atoms with Gasteiger partial charge in [0.25, 0.3) is 0 Å². The van der Waals surface area contributed by atoms with Crippen LogP contribution >= 0.6 is 0 Å². The van der Waals surface area contributed by atoms with Gasteiger partial charge in [-0.3, -0.25) is 0 Å². The van der Waals surface area contributed by atoms with Crippen molar-refractivity contribution < 1.29 is 71.6 Å². The van der Waals surface area contributed by atoms with Crippen LogP contribution in [0, 0.1) is 5.41 Å². The zero-order valence-corrected chi connectivity index (χ0v) is 24.6. The van der Waals surface area contributed by atoms with E-state index in [1.165, 1.54) is 36.4 Å². The lowest BCUT2D eigenvalue weighted by Gasteiger charge is -2.31. The molecule has 3 aliphatic heterocycles. The summed E-state index contributed by atoms with van der Waals surface area (Å²) < 4.78 is 30.1. The molecule has 3 aliphatic rings. The van der Waals surface area contributed by atoms with E-state index in [9.17, 15) is 43.2 Å². The second kappa shape index (κ2) is 12.0. The average molecular weight is 657 g/mol. The van der Waals surface area contributed by atoms with Crippen LogP contribution in [0.25, 0.3) is 0 Å². The van der Waals surface area contributed by atoms with Gasteiger partial charge in [-0.25, -0.2) is 43.2 Å². The summed E-state index contributed by atoms with van der Waals surface area (Å²) in [5.41, 5.74) is -2.11. The van der Waals surface area contributed by atoms with Gasteiger partial charge in [0.15, 0.2) is 0 Å². The monoisotopic (exact) mass is 656 g/mol. The summed E-state index contributed by atoms with van der Waals surface area (Å²) in [5.74, 6) is -8.15. The molecule has 0 saturated carbocycles. The van der Waals surface area contributed by atoms with Crippen LogP contribution in [0.15, 0.2) is 54.6 Å². The van der Waals surface area contributed by atoms with Gasteiger partial charge in [-0.2, -0.15) is 0 Å². The van der Waals surface area contributed by atoms with Crippen LogP contribution in [0.2, 0.25) is 0 Å². The Morgan fingerprint density at radius 1 is 0.479 bits per heavy atom. The summed E-state index contributed by atoms with van der Waals surface area (Å²) in [6.45, 7) is 0.179. The number of cyclic esters (lactones) is 6. The molecule has 3 aromatic carbocycles. The molecule has 0 aromatic heterocycles. The SMILES string of the molecule is CCC(COC(=O)c1ccc2c(c1)C(=O)OC2=O)(COC(=O)c1ccc2c(c1)C(=O)OC2=O)COC(=O)c1ccc2c(c1)C(=O)OC2=O. The molecule has 48 heavy (non-hydrogen) atoms. The Balaban J connectivity index is 1.21. The lowest BCUT2D eigenvalue weighted by atomic mass is 9.87. The van der Waals surface area contributed by atoms with Gasteiger partial charge in [-0.1, -0.05) is 6.92 Å². The maximum absolute atomic E-state index is 13.0. The van der Waals surface area contributed by atoms with Crippen molar-refractivity contribution in [3.63, 3.8) is 0 Å². The van der Waals surface area contributed by atoms with Gasteiger partial charge in [0.2, 0.25) is 0 Å². The highest BCUT2D eigenvalue weighted by atomic mass is 16.6. The van der Waals surface area contributed by atoms with Crippen LogP contribution in [0.5, 0.6) is 0 Å². The summed E-state index contributed by atoms with van der Waals surface area (Å²) >= 11 is 0. The highest BCUT2D eigenvalue weighted by Gasteiger charge is 2.37. The summed E-state index contributed by atoms with van der Waals surface area (Å²) in [6, 6.07) is 10.8. The predicted octanol–water partition coefficient (Wildman–Crippen LogP) is 2.89. The molecule has 0 amide bonds. The van der Waals surface area contributed by atoms with E-state index in [1.807, 2.05) is 0 Å². The van der Waals surface area contributed by atoms with Crippen molar-refractivity contribution >= 4 is 53.7 Å². The van der Waals surface area contributed by atoms with Gasteiger partial charge in [-0.15, -0.1) is 0 Å². The van der Waals surface area contributed by atoms with E-state index in [4.69, 9.17) is 14.2 Å². The zero-order valence-electron chi connectivity index (χ0n) is 24.6. The second-order valence-corrected chi connectivity index (χ2v) is 10.9. The minimum absolute atomic E-state index is 0.0216. The van der Waals surface area contributed by atoms with Gasteiger partial charge < -0.3 is 28.4 Å². The number of ether oxygens (including phenoxy) is 6. The van der Waals surface area contributed by atoms with Crippen LogP contribution < -0.4 is 0 Å². The average Bonchev–Trinajstić information content (AvgIpc) is 3.66. The van der Waals surface area contributed by atoms with E-state index in [0.29, 0.717) is 0 Å². The Morgan fingerprint density at radius 2 is 0.750 bits per heavy atom. The summed E-state index contributed by atoms with van der Waals surface area (Å²) in [5, 5.41) is 0. The maximum Gasteiger partial charge on any atom is 0.346 e. The van der Waals surface area contributed by atoms with Gasteiger partial charge in [0.05, 0.1) is 55.5 Å². The van der Waals surface area contributed by atoms with Crippen LogP contribution in [0.1, 0.15) is 107 Å². The summed E-state index contributed by atoms with van der Waals surface area (Å²) in [7, 11) is 0. The third-order valence-corrected chi connectivity index (χ3v) is 7.92. The Hall–Kier alpha value is -6.51. The minimum atomic E-state index is -1.37. The molecule has 0 spiro atoms. The molecule has 0 radical (unpaired) electrons. The second-order valence-electron chi connectivity index (χ2n) is 10.9. The maximum atomic E-state index is 13.0. The molecule has 0 N–H and O–H groups in total. The lowest BCUT2D eigenvalue weighted by molar-refractivity contribution is -0.0382. The van der Waals surface area contributed by atoms with Gasteiger partial charge >= 0.3 is 53.7 Å². The van der Waals surface area contributed by atoms with E-state index in [0.717, 1.165) is 18.2 Å². The predicted molar refractivity (Wildman–Crippen MR) is 152 cm³/mol. The Kier molecular flexibility index (Phi) is 7.88. The fourth-order valence-electron chi connectivity index (χ4n) is 4.97.